The summed E-state index contributed by atoms with van der Waals surface area (Å²) in [7, 11) is 0. The van der Waals surface area contributed by atoms with E-state index in [1.54, 1.807) is 0 Å². The second-order valence-electron chi connectivity index (χ2n) is 1.22. The van der Waals surface area contributed by atoms with Crippen LogP contribution in [0.25, 0.3) is 0 Å². The van der Waals surface area contributed by atoms with Crippen molar-refractivity contribution < 1.29 is 4.39 Å². The van der Waals surface area contributed by atoms with E-state index in [4.69, 9.17) is 0 Å². The fourth-order valence-electron chi connectivity index (χ4n) is 0.312. The Morgan fingerprint density at radius 1 is 1.38 bits per heavy atom. The van der Waals surface area contributed by atoms with Gasteiger partial charge in [0.05, 0.1) is 0 Å². The van der Waals surface area contributed by atoms with Gasteiger partial charge in [0.2, 0.25) is 0 Å². The van der Waals surface area contributed by atoms with Crippen LogP contribution in [-0.4, -0.2) is 32.5 Å². The molecule has 0 aliphatic heterocycles. The van der Waals surface area contributed by atoms with Crippen molar-refractivity contribution in [3.8, 4) is 0 Å². The van der Waals surface area contributed by atoms with Crippen LogP contribution >= 0.6 is 0 Å². The second kappa shape index (κ2) is 2.39. The molecule has 1 rings (SSSR count). The van der Waals surface area contributed by atoms with Crippen LogP contribution in [0.1, 0.15) is 0 Å². The minimum atomic E-state index is -0.379. The van der Waals surface area contributed by atoms with Gasteiger partial charge in [-0.2, -0.15) is 0 Å². The van der Waals surface area contributed by atoms with Crippen LogP contribution in [0.3, 0.4) is 0 Å². The molecular formula is C4H2FN2Sn. The molecule has 0 amide bonds. The molecule has 0 bridgehead atoms. The third-order valence-corrected chi connectivity index (χ3v) is 1.36. The molecule has 1 aromatic rings. The predicted octanol–water partition coefficient (Wildman–Crippen LogP) is -0.591. The Hall–Kier alpha value is -0.191. The van der Waals surface area contributed by atoms with E-state index in [1.165, 1.54) is 0 Å². The van der Waals surface area contributed by atoms with Crippen molar-refractivity contribution in [2.75, 3.05) is 0 Å². The predicted molar refractivity (Wildman–Crippen MR) is 27.4 cm³/mol. The molecule has 4 heteroatoms. The molecule has 0 atom stereocenters. The van der Waals surface area contributed by atoms with E-state index < -0.39 is 0 Å². The van der Waals surface area contributed by atoms with Gasteiger partial charge in [-0.3, -0.25) is 0 Å². The van der Waals surface area contributed by atoms with E-state index in [1.807, 2.05) is 0 Å². The van der Waals surface area contributed by atoms with Crippen molar-refractivity contribution >= 4 is 26.4 Å². The van der Waals surface area contributed by atoms with Crippen LogP contribution in [0.5, 0.6) is 0 Å². The van der Waals surface area contributed by atoms with Gasteiger partial charge in [-0.25, -0.2) is 0 Å². The van der Waals surface area contributed by atoms with Crippen molar-refractivity contribution in [3.05, 3.63) is 18.2 Å². The van der Waals surface area contributed by atoms with Crippen molar-refractivity contribution in [3.63, 3.8) is 0 Å². The molecule has 0 spiro atoms. The SMILES string of the molecule is Fc1cn[c]([Sn])nc1. The Labute approximate surface area is 59.2 Å². The third-order valence-electron chi connectivity index (χ3n) is 0.620. The van der Waals surface area contributed by atoms with Crippen molar-refractivity contribution in [2.24, 2.45) is 0 Å². The molecule has 0 fully saturated rings. The summed E-state index contributed by atoms with van der Waals surface area (Å²) < 4.78 is 12.7. The topological polar surface area (TPSA) is 25.8 Å². The molecule has 39 valence electrons. The van der Waals surface area contributed by atoms with Gasteiger partial charge in [0.25, 0.3) is 0 Å². The fraction of sp³-hybridized carbons (Fsp3) is 0. The zero-order valence-corrected chi connectivity index (χ0v) is 6.78. The molecule has 0 aliphatic carbocycles. The standard InChI is InChI=1S/C4H2FN2.Sn/c5-4-1-6-3-7-2-4;/h1-2H;. The molecule has 2 nitrogen and oxygen atoms in total. The summed E-state index contributed by atoms with van der Waals surface area (Å²) in [6.45, 7) is 0. The van der Waals surface area contributed by atoms with Gasteiger partial charge in [0.15, 0.2) is 0 Å². The summed E-state index contributed by atoms with van der Waals surface area (Å²) in [5, 5.41) is 0. The Morgan fingerprint density at radius 2 is 1.88 bits per heavy atom. The van der Waals surface area contributed by atoms with Crippen LogP contribution in [0.15, 0.2) is 12.4 Å². The summed E-state index contributed by atoms with van der Waals surface area (Å²) in [5.41, 5.74) is 0. The van der Waals surface area contributed by atoms with E-state index >= 15 is 0 Å². The van der Waals surface area contributed by atoms with E-state index in [9.17, 15) is 4.39 Å². The van der Waals surface area contributed by atoms with Gasteiger partial charge < -0.3 is 0 Å². The number of halogens is 1. The van der Waals surface area contributed by atoms with E-state index in [2.05, 4.69) is 9.97 Å². The molecule has 0 unspecified atom stereocenters. The first-order chi connectivity index (χ1) is 3.79. The zero-order chi connectivity index (χ0) is 5.98. The van der Waals surface area contributed by atoms with Gasteiger partial charge in [0, 0.05) is 0 Å². The Bertz CT molecular complexity index is 153. The number of hydrogen-bond acceptors (Lipinski definition) is 2. The normalized spacial score (nSPS) is 9.25. The maximum atomic E-state index is 12.0. The quantitative estimate of drug-likeness (QED) is 0.541. The van der Waals surface area contributed by atoms with Gasteiger partial charge in [-0.05, 0) is 0 Å². The Morgan fingerprint density at radius 3 is 2.25 bits per heavy atom. The monoisotopic (exact) mass is 217 g/mol. The average Bonchev–Trinajstić information content (AvgIpc) is 1.77. The molecule has 0 saturated heterocycles. The molecular weight excluding hydrogens is 214 g/mol. The van der Waals surface area contributed by atoms with Gasteiger partial charge >= 0.3 is 58.9 Å². The molecule has 3 radical (unpaired) electrons. The maximum absolute atomic E-state index is 12.0. The van der Waals surface area contributed by atoms with Crippen LogP contribution in [0.4, 0.5) is 4.39 Å². The van der Waals surface area contributed by atoms with E-state index in [-0.39, 0.29) is 5.82 Å². The van der Waals surface area contributed by atoms with Gasteiger partial charge in [0.1, 0.15) is 0 Å². The first kappa shape index (κ1) is 5.94. The first-order valence-corrected chi connectivity index (χ1v) is 3.41. The molecule has 1 heterocycles. The summed E-state index contributed by atoms with van der Waals surface area (Å²) in [6, 6.07) is 0. The third kappa shape index (κ3) is 1.40. The zero-order valence-electron chi connectivity index (χ0n) is 3.93. The molecule has 1 aromatic heterocycles. The molecule has 0 saturated carbocycles. The summed E-state index contributed by atoms with van der Waals surface area (Å²) in [5.74, 6) is -0.379. The molecule has 0 aliphatic rings. The number of rotatable bonds is 0. The summed E-state index contributed by atoms with van der Waals surface area (Å²) in [4.78, 5) is 7.27. The number of aromatic nitrogens is 2. The van der Waals surface area contributed by atoms with E-state index in [0.29, 0.717) is 3.84 Å². The van der Waals surface area contributed by atoms with E-state index in [0.717, 1.165) is 34.9 Å². The van der Waals surface area contributed by atoms with Gasteiger partial charge in [-0.15, -0.1) is 0 Å². The molecule has 0 N–H and O–H groups in total. The van der Waals surface area contributed by atoms with Crippen LogP contribution in [0.2, 0.25) is 0 Å². The second-order valence-corrected chi connectivity index (χ2v) is 2.50. The number of nitrogens with zero attached hydrogens (tertiary/aromatic N) is 2. The minimum absolute atomic E-state index is 0.379. The van der Waals surface area contributed by atoms with Crippen LogP contribution < -0.4 is 3.84 Å². The summed E-state index contributed by atoms with van der Waals surface area (Å²) in [6.07, 6.45) is 2.33. The van der Waals surface area contributed by atoms with Crippen LogP contribution in [-0.2, 0) is 0 Å². The molecule has 8 heavy (non-hydrogen) atoms. The van der Waals surface area contributed by atoms with Crippen molar-refractivity contribution in [2.45, 2.75) is 0 Å². The Balaban J connectivity index is 3.03. The van der Waals surface area contributed by atoms with Crippen LogP contribution in [0, 0.1) is 5.82 Å². The van der Waals surface area contributed by atoms with Crippen molar-refractivity contribution in [1.82, 2.24) is 9.97 Å². The fourth-order valence-corrected chi connectivity index (χ4v) is 0.681. The number of hydrogen-bond donors (Lipinski definition) is 0. The van der Waals surface area contributed by atoms with Gasteiger partial charge in [-0.1, -0.05) is 0 Å². The summed E-state index contributed by atoms with van der Waals surface area (Å²) >= 11 is 1.11. The van der Waals surface area contributed by atoms with Crippen molar-refractivity contribution in [1.29, 1.82) is 0 Å². The average molecular weight is 216 g/mol. The Kier molecular flexibility index (Phi) is 1.77. The molecule has 0 aromatic carbocycles. The first-order valence-electron chi connectivity index (χ1n) is 1.98.